The number of carbonyl (C=O) groups is 1. The summed E-state index contributed by atoms with van der Waals surface area (Å²) in [7, 11) is 0. The van der Waals surface area contributed by atoms with E-state index in [0.29, 0.717) is 18.0 Å². The monoisotopic (exact) mass is 404 g/mol. The Kier molecular flexibility index (Phi) is 5.18. The molecule has 3 aromatic rings. The molecule has 3 rings (SSSR count). The number of benzene rings is 1. The number of halogens is 1. The van der Waals surface area contributed by atoms with Gasteiger partial charge in [-0.3, -0.25) is 0 Å². The summed E-state index contributed by atoms with van der Waals surface area (Å²) in [5.74, 6) is 1.05. The number of rotatable bonds is 5. The minimum Gasteiger partial charge on any atom is -0.434 e. The molecule has 0 radical (unpaired) electrons. The van der Waals surface area contributed by atoms with Gasteiger partial charge >= 0.3 is 6.16 Å². The smallest absolute Gasteiger partial charge is 0.434 e. The minimum atomic E-state index is -0.733. The molecule has 0 saturated heterocycles. The molecule has 0 aliphatic rings. The fraction of sp³-hybridized carbons (Fsp3) is 0.235. The fourth-order valence-electron chi connectivity index (χ4n) is 2.48. The van der Waals surface area contributed by atoms with Crippen LogP contribution in [0.25, 0.3) is 5.52 Å². The Hall–Kier alpha value is -2.61. The zero-order chi connectivity index (χ0) is 17.8. The Morgan fingerprint density at radius 2 is 2.04 bits per heavy atom. The molecule has 0 aliphatic heterocycles. The van der Waals surface area contributed by atoms with Gasteiger partial charge in [-0.05, 0) is 37.6 Å². The molecule has 25 heavy (non-hydrogen) atoms. The van der Waals surface area contributed by atoms with Crippen LogP contribution in [0.5, 0.6) is 5.75 Å². The highest BCUT2D eigenvalue weighted by Gasteiger charge is 2.18. The van der Waals surface area contributed by atoms with Gasteiger partial charge < -0.3 is 14.8 Å². The topological polar surface area (TPSA) is 77.8 Å². The van der Waals surface area contributed by atoms with Crippen LogP contribution in [-0.2, 0) is 11.2 Å². The third-order valence-electron chi connectivity index (χ3n) is 3.56. The van der Waals surface area contributed by atoms with Crippen molar-refractivity contribution in [3.05, 3.63) is 46.8 Å². The summed E-state index contributed by atoms with van der Waals surface area (Å²) in [5, 5.41) is 7.48. The lowest BCUT2D eigenvalue weighted by molar-refractivity contribution is 0.104. The lowest BCUT2D eigenvalue weighted by atomic mass is 10.2. The first-order valence-electron chi connectivity index (χ1n) is 7.84. The molecule has 130 valence electrons. The molecule has 1 N–H and O–H groups in total. The molecular formula is C17H17BrN4O3. The number of nitrogens with one attached hydrogen (secondary N) is 1. The van der Waals surface area contributed by atoms with Crippen LogP contribution in [0.15, 0.2) is 41.3 Å². The van der Waals surface area contributed by atoms with E-state index in [4.69, 9.17) is 9.47 Å². The van der Waals surface area contributed by atoms with Gasteiger partial charge in [0, 0.05) is 15.7 Å². The van der Waals surface area contributed by atoms with Crippen LogP contribution in [0.4, 0.5) is 16.3 Å². The van der Waals surface area contributed by atoms with Gasteiger partial charge in [-0.15, -0.1) is 0 Å². The second kappa shape index (κ2) is 7.52. The molecule has 0 spiro atoms. The molecular weight excluding hydrogens is 388 g/mol. The number of aromatic nitrogens is 3. The van der Waals surface area contributed by atoms with Crippen molar-refractivity contribution in [1.82, 2.24) is 14.6 Å². The van der Waals surface area contributed by atoms with E-state index in [1.807, 2.05) is 31.2 Å². The Labute approximate surface area is 153 Å². The fourth-order valence-corrected chi connectivity index (χ4v) is 2.74. The van der Waals surface area contributed by atoms with E-state index in [9.17, 15) is 4.79 Å². The van der Waals surface area contributed by atoms with Crippen LogP contribution < -0.4 is 10.1 Å². The van der Waals surface area contributed by atoms with Crippen LogP contribution in [0.3, 0.4) is 0 Å². The molecule has 0 bridgehead atoms. The molecule has 2 heterocycles. The molecule has 0 fully saturated rings. The lowest BCUT2D eigenvalue weighted by Gasteiger charge is -2.08. The molecule has 0 atom stereocenters. The molecule has 7 nitrogen and oxygen atoms in total. The Morgan fingerprint density at radius 3 is 2.72 bits per heavy atom. The van der Waals surface area contributed by atoms with Crippen molar-refractivity contribution in [1.29, 1.82) is 0 Å². The Balaban J connectivity index is 2.00. The van der Waals surface area contributed by atoms with Gasteiger partial charge in [0.25, 0.3) is 0 Å². The quantitative estimate of drug-likeness (QED) is 0.637. The number of hydrogen-bond donors (Lipinski definition) is 1. The van der Waals surface area contributed by atoms with E-state index in [2.05, 4.69) is 31.3 Å². The number of carbonyl (C=O) groups excluding carboxylic acids is 1. The minimum absolute atomic E-state index is 0.254. The predicted molar refractivity (Wildman–Crippen MR) is 97.4 cm³/mol. The molecule has 0 unspecified atom stereocenters. The van der Waals surface area contributed by atoms with Crippen LogP contribution in [0.2, 0.25) is 0 Å². The van der Waals surface area contributed by atoms with Crippen molar-refractivity contribution >= 4 is 39.1 Å². The normalized spacial score (nSPS) is 10.7. The molecule has 2 aromatic heterocycles. The molecule has 0 amide bonds. The first-order chi connectivity index (χ1) is 12.1. The van der Waals surface area contributed by atoms with Gasteiger partial charge in [-0.2, -0.15) is 5.10 Å². The number of hydrogen-bond acceptors (Lipinski definition) is 6. The van der Waals surface area contributed by atoms with Crippen molar-refractivity contribution in [2.45, 2.75) is 20.3 Å². The largest absolute Gasteiger partial charge is 0.513 e. The maximum Gasteiger partial charge on any atom is 0.513 e. The first-order valence-corrected chi connectivity index (χ1v) is 8.64. The highest BCUT2D eigenvalue weighted by atomic mass is 79.9. The van der Waals surface area contributed by atoms with Crippen molar-refractivity contribution < 1.29 is 14.3 Å². The van der Waals surface area contributed by atoms with Crippen molar-refractivity contribution in [3.63, 3.8) is 0 Å². The summed E-state index contributed by atoms with van der Waals surface area (Å²) >= 11 is 3.41. The lowest BCUT2D eigenvalue weighted by Crippen LogP contribution is -2.10. The second-order valence-corrected chi connectivity index (χ2v) is 6.06. The molecule has 8 heteroatoms. The maximum absolute atomic E-state index is 11.7. The zero-order valence-electron chi connectivity index (χ0n) is 13.8. The molecule has 0 saturated carbocycles. The summed E-state index contributed by atoms with van der Waals surface area (Å²) < 4.78 is 12.8. The third-order valence-corrected chi connectivity index (χ3v) is 4.08. The SMILES string of the molecule is CCOC(=O)Oc1cn2ncnc(Nc3ccc(Br)cc3)c2c1CC. The summed E-state index contributed by atoms with van der Waals surface area (Å²) in [5.41, 5.74) is 2.47. The highest BCUT2D eigenvalue weighted by molar-refractivity contribution is 9.10. The maximum atomic E-state index is 11.7. The summed E-state index contributed by atoms with van der Waals surface area (Å²) in [4.78, 5) is 16.0. The first kappa shape index (κ1) is 17.2. The number of aryl methyl sites for hydroxylation is 1. The van der Waals surface area contributed by atoms with E-state index < -0.39 is 6.16 Å². The Bertz CT molecular complexity index is 893. The summed E-state index contributed by atoms with van der Waals surface area (Å²) in [6.45, 7) is 3.96. The van der Waals surface area contributed by atoms with Gasteiger partial charge in [0.15, 0.2) is 11.6 Å². The van der Waals surface area contributed by atoms with E-state index in [-0.39, 0.29) is 6.61 Å². The number of fused-ring (bicyclic) bond motifs is 1. The highest BCUT2D eigenvalue weighted by Crippen LogP contribution is 2.31. The third kappa shape index (κ3) is 3.74. The van der Waals surface area contributed by atoms with E-state index in [0.717, 1.165) is 21.2 Å². The van der Waals surface area contributed by atoms with E-state index in [1.165, 1.54) is 6.33 Å². The summed E-state index contributed by atoms with van der Waals surface area (Å²) in [6.07, 6.45) is 3.01. The van der Waals surface area contributed by atoms with E-state index in [1.54, 1.807) is 17.6 Å². The average molecular weight is 405 g/mol. The molecule has 1 aromatic carbocycles. The van der Waals surface area contributed by atoms with Crippen molar-refractivity contribution in [2.24, 2.45) is 0 Å². The summed E-state index contributed by atoms with van der Waals surface area (Å²) in [6, 6.07) is 7.75. The van der Waals surface area contributed by atoms with Gasteiger partial charge in [0.2, 0.25) is 0 Å². The number of ether oxygens (including phenoxy) is 2. The van der Waals surface area contributed by atoms with Crippen LogP contribution in [0, 0.1) is 0 Å². The standard InChI is InChI=1S/C17H17BrN4O3/c1-3-13-14(25-17(23)24-4-2)9-22-15(13)16(19-10-20-22)21-12-7-5-11(18)6-8-12/h5-10H,3-4H2,1-2H3,(H,19,20,21). The average Bonchev–Trinajstić information content (AvgIpc) is 2.95. The van der Waals surface area contributed by atoms with Crippen molar-refractivity contribution in [3.8, 4) is 5.75 Å². The van der Waals surface area contributed by atoms with Crippen LogP contribution in [0.1, 0.15) is 19.4 Å². The van der Waals surface area contributed by atoms with Crippen molar-refractivity contribution in [2.75, 3.05) is 11.9 Å². The van der Waals surface area contributed by atoms with Gasteiger partial charge in [-0.1, -0.05) is 22.9 Å². The van der Waals surface area contributed by atoms with Gasteiger partial charge in [-0.25, -0.2) is 14.3 Å². The van der Waals surface area contributed by atoms with Crippen LogP contribution >= 0.6 is 15.9 Å². The van der Waals surface area contributed by atoms with E-state index >= 15 is 0 Å². The van der Waals surface area contributed by atoms with Crippen LogP contribution in [-0.4, -0.2) is 27.4 Å². The predicted octanol–water partition coefficient (Wildman–Crippen LogP) is 4.33. The molecule has 0 aliphatic carbocycles. The number of nitrogens with zero attached hydrogens (tertiary/aromatic N) is 3. The second-order valence-electron chi connectivity index (χ2n) is 5.14. The number of anilines is 2. The van der Waals surface area contributed by atoms with Gasteiger partial charge in [0.05, 0.1) is 12.8 Å². The van der Waals surface area contributed by atoms with Gasteiger partial charge in [0.1, 0.15) is 11.8 Å². The zero-order valence-corrected chi connectivity index (χ0v) is 15.4. The Morgan fingerprint density at radius 1 is 1.28 bits per heavy atom.